The summed E-state index contributed by atoms with van der Waals surface area (Å²) >= 11 is 6.21. The zero-order valence-electron chi connectivity index (χ0n) is 14.9. The van der Waals surface area contributed by atoms with E-state index in [1.807, 2.05) is 31.3 Å². The molecule has 9 heteroatoms. The molecule has 28 heavy (non-hydrogen) atoms. The third-order valence-electron chi connectivity index (χ3n) is 4.83. The number of anilines is 2. The van der Waals surface area contributed by atoms with Crippen LogP contribution in [-0.2, 0) is 0 Å². The van der Waals surface area contributed by atoms with Gasteiger partial charge in [0.05, 0.1) is 30.0 Å². The maximum absolute atomic E-state index is 14.2. The van der Waals surface area contributed by atoms with Crippen molar-refractivity contribution in [2.45, 2.75) is 0 Å². The smallest absolute Gasteiger partial charge is 0.258 e. The van der Waals surface area contributed by atoms with E-state index in [-0.39, 0.29) is 17.7 Å². The molecule has 0 bridgehead atoms. The molecule has 144 valence electrons. The number of fused-ring (bicyclic) bond motifs is 1. The monoisotopic (exact) mass is 401 g/mol. The number of nitrogens with zero attached hydrogens (tertiary/aromatic N) is 3. The first kappa shape index (κ1) is 18.3. The lowest BCUT2D eigenvalue weighted by Crippen LogP contribution is -2.34. The van der Waals surface area contributed by atoms with E-state index in [9.17, 15) is 14.0 Å². The van der Waals surface area contributed by atoms with Crippen molar-refractivity contribution < 1.29 is 14.0 Å². The maximum Gasteiger partial charge on any atom is 0.258 e. The summed E-state index contributed by atoms with van der Waals surface area (Å²) in [6.45, 7) is 0.720. The van der Waals surface area contributed by atoms with E-state index in [0.717, 1.165) is 23.1 Å². The Balaban J connectivity index is 1.76. The molecule has 0 fully saturated rings. The summed E-state index contributed by atoms with van der Waals surface area (Å²) < 4.78 is 15.7. The zero-order valence-corrected chi connectivity index (χ0v) is 15.7. The third kappa shape index (κ3) is 2.96. The second kappa shape index (κ2) is 6.81. The number of hydrogen-bond donors (Lipinski definition) is 2. The molecule has 4 rings (SSSR count). The Morgan fingerprint density at radius 2 is 1.93 bits per heavy atom. The van der Waals surface area contributed by atoms with Crippen LogP contribution in [0.15, 0.2) is 53.9 Å². The molecular formula is C19H17ClFN5O2. The second-order valence-electron chi connectivity index (χ2n) is 6.56. The van der Waals surface area contributed by atoms with Crippen LogP contribution in [0.3, 0.4) is 0 Å². The lowest BCUT2D eigenvalue weighted by atomic mass is 10.1. The summed E-state index contributed by atoms with van der Waals surface area (Å²) in [6.07, 6.45) is 0. The Morgan fingerprint density at radius 1 is 1.18 bits per heavy atom. The Bertz CT molecular complexity index is 1030. The van der Waals surface area contributed by atoms with Gasteiger partial charge in [0, 0.05) is 30.0 Å². The van der Waals surface area contributed by atoms with Gasteiger partial charge in [-0.2, -0.15) is 0 Å². The lowest BCUT2D eigenvalue weighted by molar-refractivity contribution is 0.0979. The van der Waals surface area contributed by atoms with Crippen LogP contribution in [-0.4, -0.2) is 41.5 Å². The molecule has 0 saturated carbocycles. The largest absolute Gasteiger partial charge is 0.366 e. The first-order valence-electron chi connectivity index (χ1n) is 8.53. The molecule has 0 atom stereocenters. The maximum atomic E-state index is 14.2. The summed E-state index contributed by atoms with van der Waals surface area (Å²) in [4.78, 5) is 26.0. The fourth-order valence-corrected chi connectivity index (χ4v) is 3.59. The number of nitrogens with two attached hydrogens (primary N) is 1. The number of primary amides is 1. The topological polar surface area (TPSA) is 81.9 Å². The van der Waals surface area contributed by atoms with Crippen LogP contribution >= 0.6 is 11.8 Å². The van der Waals surface area contributed by atoms with Gasteiger partial charge in [-0.1, -0.05) is 12.1 Å². The van der Waals surface area contributed by atoms with Crippen LogP contribution in [0.4, 0.5) is 15.8 Å². The highest BCUT2D eigenvalue weighted by Gasteiger charge is 2.33. The van der Waals surface area contributed by atoms with E-state index >= 15 is 0 Å². The van der Waals surface area contributed by atoms with E-state index in [1.165, 1.54) is 16.7 Å². The van der Waals surface area contributed by atoms with Crippen molar-refractivity contribution >= 4 is 35.0 Å². The van der Waals surface area contributed by atoms with Gasteiger partial charge in [-0.15, -0.1) is 4.53 Å². The minimum Gasteiger partial charge on any atom is -0.366 e. The number of halogens is 2. The van der Waals surface area contributed by atoms with Gasteiger partial charge in [0.15, 0.2) is 0 Å². The molecule has 2 aliphatic heterocycles. The Labute approximate surface area is 165 Å². The quantitative estimate of drug-likeness (QED) is 0.756. The minimum atomic E-state index is -0.883. The second-order valence-corrected chi connectivity index (χ2v) is 6.95. The predicted octanol–water partition coefficient (Wildman–Crippen LogP) is 2.52. The summed E-state index contributed by atoms with van der Waals surface area (Å²) in [6, 6.07) is 11.0. The number of hydrazine groups is 1. The fraction of sp³-hybridized carbons (Fsp3) is 0.158. The SMILES string of the molecule is CN1C2=C(CN(C(=O)c3ccc(C(N)=O)c(F)c3)c3ccccc3N2)CN1Cl. The summed E-state index contributed by atoms with van der Waals surface area (Å²) in [5.41, 5.74) is 7.31. The van der Waals surface area contributed by atoms with Gasteiger partial charge in [-0.3, -0.25) is 14.6 Å². The highest BCUT2D eigenvalue weighted by molar-refractivity contribution is 6.13. The molecule has 3 N–H and O–H groups in total. The zero-order chi connectivity index (χ0) is 20.0. The Morgan fingerprint density at radius 3 is 2.64 bits per heavy atom. The van der Waals surface area contributed by atoms with E-state index < -0.39 is 17.6 Å². The van der Waals surface area contributed by atoms with Gasteiger partial charge in [0.2, 0.25) is 0 Å². The molecule has 0 saturated heterocycles. The van der Waals surface area contributed by atoms with Crippen molar-refractivity contribution in [3.8, 4) is 0 Å². The van der Waals surface area contributed by atoms with Gasteiger partial charge >= 0.3 is 0 Å². The fourth-order valence-electron chi connectivity index (χ4n) is 3.37. The van der Waals surface area contributed by atoms with Crippen LogP contribution in [0.1, 0.15) is 20.7 Å². The average molecular weight is 402 g/mol. The van der Waals surface area contributed by atoms with Gasteiger partial charge in [0.1, 0.15) is 11.6 Å². The van der Waals surface area contributed by atoms with Crippen molar-refractivity contribution in [2.75, 3.05) is 30.4 Å². The summed E-state index contributed by atoms with van der Waals surface area (Å²) in [5.74, 6) is -1.31. The number of amides is 2. The molecule has 2 aromatic rings. The van der Waals surface area contributed by atoms with E-state index in [4.69, 9.17) is 17.5 Å². The third-order valence-corrected chi connectivity index (χ3v) is 5.18. The predicted molar refractivity (Wildman–Crippen MR) is 104 cm³/mol. The van der Waals surface area contributed by atoms with Gasteiger partial charge in [-0.25, -0.2) is 4.39 Å². The van der Waals surface area contributed by atoms with Crippen molar-refractivity contribution in [1.82, 2.24) is 9.54 Å². The van der Waals surface area contributed by atoms with E-state index in [0.29, 0.717) is 12.2 Å². The Kier molecular flexibility index (Phi) is 4.44. The first-order chi connectivity index (χ1) is 13.4. The van der Waals surface area contributed by atoms with Crippen molar-refractivity contribution in [3.05, 3.63) is 70.8 Å². The highest BCUT2D eigenvalue weighted by Crippen LogP contribution is 2.36. The summed E-state index contributed by atoms with van der Waals surface area (Å²) in [7, 11) is 1.82. The molecule has 2 heterocycles. The van der Waals surface area contributed by atoms with Crippen LogP contribution < -0.4 is 16.0 Å². The molecule has 2 aromatic carbocycles. The highest BCUT2D eigenvalue weighted by atomic mass is 35.5. The van der Waals surface area contributed by atoms with E-state index in [1.54, 1.807) is 9.91 Å². The lowest BCUT2D eigenvalue weighted by Gasteiger charge is -2.26. The Hall–Kier alpha value is -3.10. The number of benzene rings is 2. The van der Waals surface area contributed by atoms with Crippen LogP contribution in [0.25, 0.3) is 0 Å². The standard InChI is InChI=1S/C19H17ClFN5O2/c1-24-18-12(10-26(24)20)9-25(16-5-3-2-4-15(16)23-18)19(28)11-6-7-13(17(22)27)14(21)8-11/h2-8,23H,9-10H2,1H3,(H2,22,27). The molecule has 7 nitrogen and oxygen atoms in total. The van der Waals surface area contributed by atoms with Gasteiger partial charge in [0.25, 0.3) is 11.8 Å². The molecule has 0 aliphatic carbocycles. The van der Waals surface area contributed by atoms with Crippen LogP contribution in [0.2, 0.25) is 0 Å². The van der Waals surface area contributed by atoms with Crippen molar-refractivity contribution in [2.24, 2.45) is 5.73 Å². The minimum absolute atomic E-state index is 0.121. The van der Waals surface area contributed by atoms with Crippen molar-refractivity contribution in [3.63, 3.8) is 0 Å². The summed E-state index contributed by atoms with van der Waals surface area (Å²) in [5, 5.41) is 5.09. The van der Waals surface area contributed by atoms with E-state index in [2.05, 4.69) is 5.32 Å². The normalized spacial score (nSPS) is 16.4. The van der Waals surface area contributed by atoms with Crippen molar-refractivity contribution in [1.29, 1.82) is 0 Å². The van der Waals surface area contributed by atoms with Crippen LogP contribution in [0.5, 0.6) is 0 Å². The molecule has 2 amide bonds. The molecule has 0 aromatic heterocycles. The number of para-hydroxylation sites is 2. The number of carbonyl (C=O) groups is 2. The average Bonchev–Trinajstić information content (AvgIpc) is 2.84. The first-order valence-corrected chi connectivity index (χ1v) is 8.87. The number of hydrogen-bond acceptors (Lipinski definition) is 5. The van der Waals surface area contributed by atoms with Crippen LogP contribution in [0, 0.1) is 5.82 Å². The number of rotatable bonds is 2. The number of nitrogens with one attached hydrogen (secondary N) is 1. The van der Waals surface area contributed by atoms with Gasteiger partial charge < -0.3 is 16.0 Å². The molecule has 0 spiro atoms. The molecule has 2 aliphatic rings. The molecular weight excluding hydrogens is 385 g/mol. The molecule has 0 unspecified atom stereocenters. The number of carbonyl (C=O) groups excluding carboxylic acids is 2. The van der Waals surface area contributed by atoms with Gasteiger partial charge in [-0.05, 0) is 30.3 Å². The molecule has 0 radical (unpaired) electrons.